The Kier molecular flexibility index (Phi) is 7.98. The first-order chi connectivity index (χ1) is 16.5. The second-order valence-electron chi connectivity index (χ2n) is 11.1. The highest BCUT2D eigenvalue weighted by Crippen LogP contribution is 2.37. The summed E-state index contributed by atoms with van der Waals surface area (Å²) in [4.78, 5) is 5.40. The summed E-state index contributed by atoms with van der Waals surface area (Å²) in [6, 6.07) is 9.70. The fraction of sp³-hybridized carbons (Fsp3) is 0.519. The lowest BCUT2D eigenvalue weighted by atomic mass is 9.85. The van der Waals surface area contributed by atoms with Crippen molar-refractivity contribution in [3.05, 3.63) is 58.4 Å². The molecule has 1 aliphatic rings. The van der Waals surface area contributed by atoms with Crippen molar-refractivity contribution in [3.8, 4) is 0 Å². The van der Waals surface area contributed by atoms with Crippen molar-refractivity contribution in [2.24, 2.45) is 5.14 Å². The highest BCUT2D eigenvalue weighted by molar-refractivity contribution is 7.82. The number of aryl methyl sites for hydroxylation is 2. The van der Waals surface area contributed by atoms with E-state index in [0.717, 1.165) is 63.7 Å². The standard InChI is InChI=1S/C27H39N3O3SSi/c1-18-13-19(2)27(34(28)31)20(3)26(18)23(15-33-22-8-9-22)21-7-10-25-24(14-21)29-16-30(25)17-32-11-12-35(4,5)6/h7,10,13-14,16,22-23H,8-9,11-12,15,17,28H2,1-6H3/t23-,34?/m0/s1. The number of hydrogen-bond donors (Lipinski definition) is 1. The minimum Gasteiger partial charge on any atom is -0.377 e. The maximum atomic E-state index is 12.4. The Morgan fingerprint density at radius 2 is 1.91 bits per heavy atom. The van der Waals surface area contributed by atoms with E-state index in [1.54, 1.807) is 0 Å². The number of fused-ring (bicyclic) bond motifs is 1. The first kappa shape index (κ1) is 26.2. The number of nitrogens with two attached hydrogens (primary N) is 1. The van der Waals surface area contributed by atoms with Crippen LogP contribution in [0.25, 0.3) is 11.0 Å². The van der Waals surface area contributed by atoms with Gasteiger partial charge in [0.15, 0.2) is 0 Å². The van der Waals surface area contributed by atoms with E-state index in [-0.39, 0.29) is 5.92 Å². The van der Waals surface area contributed by atoms with E-state index in [1.807, 2.05) is 20.2 Å². The van der Waals surface area contributed by atoms with Gasteiger partial charge in [-0.25, -0.2) is 14.3 Å². The SMILES string of the molecule is Cc1cc(C)c(S(N)=O)c(C)c1[C@@H](COC1CC1)c1ccc2c(c1)ncn2COCC[Si](C)(C)C. The van der Waals surface area contributed by atoms with Gasteiger partial charge in [0.2, 0.25) is 0 Å². The van der Waals surface area contributed by atoms with Gasteiger partial charge in [-0.3, -0.25) is 0 Å². The van der Waals surface area contributed by atoms with Crippen molar-refractivity contribution in [2.75, 3.05) is 13.2 Å². The van der Waals surface area contributed by atoms with Crippen LogP contribution in [0.3, 0.4) is 0 Å². The van der Waals surface area contributed by atoms with Gasteiger partial charge in [0.05, 0.1) is 35.0 Å². The summed E-state index contributed by atoms with van der Waals surface area (Å²) < 4.78 is 26.6. The minimum absolute atomic E-state index is 0.0149. The molecule has 2 N–H and O–H groups in total. The monoisotopic (exact) mass is 513 g/mol. The molecule has 3 aromatic rings. The molecule has 0 saturated heterocycles. The lowest BCUT2D eigenvalue weighted by Crippen LogP contribution is -2.21. The largest absolute Gasteiger partial charge is 0.377 e. The van der Waals surface area contributed by atoms with Crippen molar-refractivity contribution in [1.29, 1.82) is 0 Å². The zero-order chi connectivity index (χ0) is 25.3. The Morgan fingerprint density at radius 1 is 1.17 bits per heavy atom. The molecule has 0 bridgehead atoms. The lowest BCUT2D eigenvalue weighted by Gasteiger charge is -2.25. The number of hydrogen-bond acceptors (Lipinski definition) is 4. The number of aromatic nitrogens is 2. The van der Waals surface area contributed by atoms with Crippen LogP contribution in [0.4, 0.5) is 0 Å². The molecule has 1 unspecified atom stereocenters. The first-order valence-electron chi connectivity index (χ1n) is 12.5. The average molecular weight is 514 g/mol. The van der Waals surface area contributed by atoms with Crippen LogP contribution in [-0.2, 0) is 27.2 Å². The lowest BCUT2D eigenvalue weighted by molar-refractivity contribution is 0.0898. The van der Waals surface area contributed by atoms with E-state index in [0.29, 0.717) is 19.4 Å². The summed E-state index contributed by atoms with van der Waals surface area (Å²) >= 11 is 0. The highest BCUT2D eigenvalue weighted by atomic mass is 32.2. The van der Waals surface area contributed by atoms with Gasteiger partial charge in [-0.2, -0.15) is 0 Å². The van der Waals surface area contributed by atoms with E-state index in [4.69, 9.17) is 14.6 Å². The van der Waals surface area contributed by atoms with E-state index >= 15 is 0 Å². The van der Waals surface area contributed by atoms with Gasteiger partial charge < -0.3 is 14.0 Å². The zero-order valence-electron chi connectivity index (χ0n) is 21.9. The van der Waals surface area contributed by atoms with Gasteiger partial charge >= 0.3 is 0 Å². The summed E-state index contributed by atoms with van der Waals surface area (Å²) in [5.74, 6) is 0.0149. The van der Waals surface area contributed by atoms with Crippen LogP contribution < -0.4 is 5.14 Å². The van der Waals surface area contributed by atoms with Crippen molar-refractivity contribution < 1.29 is 13.7 Å². The van der Waals surface area contributed by atoms with Crippen LogP contribution in [-0.4, -0.2) is 41.2 Å². The normalized spacial score (nSPS) is 16.1. The molecule has 8 heteroatoms. The Bertz CT molecular complexity index is 1230. The van der Waals surface area contributed by atoms with Crippen LogP contribution in [0.5, 0.6) is 0 Å². The first-order valence-corrected chi connectivity index (χ1v) is 17.4. The number of rotatable bonds is 11. The van der Waals surface area contributed by atoms with Crippen molar-refractivity contribution in [1.82, 2.24) is 9.55 Å². The van der Waals surface area contributed by atoms with Crippen LogP contribution in [0.15, 0.2) is 35.5 Å². The highest BCUT2D eigenvalue weighted by Gasteiger charge is 2.28. The van der Waals surface area contributed by atoms with Gasteiger partial charge in [0.1, 0.15) is 17.7 Å². The van der Waals surface area contributed by atoms with E-state index in [9.17, 15) is 4.21 Å². The average Bonchev–Trinajstić information content (AvgIpc) is 3.50. The van der Waals surface area contributed by atoms with Crippen LogP contribution in [0.2, 0.25) is 25.7 Å². The molecule has 4 rings (SSSR count). The molecule has 0 aliphatic heterocycles. The summed E-state index contributed by atoms with van der Waals surface area (Å²) in [5.41, 5.74) is 7.43. The second-order valence-corrected chi connectivity index (χ2v) is 17.7. The van der Waals surface area contributed by atoms with Gasteiger partial charge in [-0.05, 0) is 79.6 Å². The molecule has 2 atom stereocenters. The van der Waals surface area contributed by atoms with Gasteiger partial charge in [-0.15, -0.1) is 0 Å². The predicted octanol–water partition coefficient (Wildman–Crippen LogP) is 5.57. The number of ether oxygens (including phenoxy) is 2. The molecule has 1 fully saturated rings. The molecule has 0 amide bonds. The second kappa shape index (κ2) is 10.6. The Balaban J connectivity index is 1.65. The fourth-order valence-electron chi connectivity index (χ4n) is 4.78. The molecule has 1 aliphatic carbocycles. The molecule has 0 spiro atoms. The molecular weight excluding hydrogens is 474 g/mol. The molecular formula is C27H39N3O3SSi. The third-order valence-electron chi connectivity index (χ3n) is 6.81. The number of imidazole rings is 1. The van der Waals surface area contributed by atoms with Crippen molar-refractivity contribution >= 4 is 30.1 Å². The number of benzene rings is 2. The quantitative estimate of drug-likeness (QED) is 0.269. The smallest absolute Gasteiger partial charge is 0.124 e. The minimum atomic E-state index is -1.54. The molecule has 1 heterocycles. The topological polar surface area (TPSA) is 79.4 Å². The van der Waals surface area contributed by atoms with E-state index in [2.05, 4.69) is 60.4 Å². The van der Waals surface area contributed by atoms with Gasteiger partial charge in [0.25, 0.3) is 0 Å². The molecule has 35 heavy (non-hydrogen) atoms. The molecule has 1 aromatic heterocycles. The molecule has 6 nitrogen and oxygen atoms in total. The van der Waals surface area contributed by atoms with Gasteiger partial charge in [-0.1, -0.05) is 31.8 Å². The summed E-state index contributed by atoms with van der Waals surface area (Å²) in [6.45, 7) is 15.1. The molecule has 2 aromatic carbocycles. The Morgan fingerprint density at radius 3 is 2.57 bits per heavy atom. The van der Waals surface area contributed by atoms with Crippen LogP contribution in [0.1, 0.15) is 46.6 Å². The van der Waals surface area contributed by atoms with E-state index < -0.39 is 19.1 Å². The zero-order valence-corrected chi connectivity index (χ0v) is 23.7. The van der Waals surface area contributed by atoms with Crippen molar-refractivity contribution in [2.45, 2.75) is 82.9 Å². The van der Waals surface area contributed by atoms with Crippen LogP contribution >= 0.6 is 0 Å². The molecule has 0 radical (unpaired) electrons. The Labute approximate surface area is 212 Å². The summed E-state index contributed by atoms with van der Waals surface area (Å²) in [6.07, 6.45) is 4.45. The predicted molar refractivity (Wildman–Crippen MR) is 146 cm³/mol. The maximum Gasteiger partial charge on any atom is 0.124 e. The molecule has 1 saturated carbocycles. The maximum absolute atomic E-state index is 12.4. The summed E-state index contributed by atoms with van der Waals surface area (Å²) in [7, 11) is -2.65. The van der Waals surface area contributed by atoms with E-state index in [1.165, 1.54) is 5.56 Å². The third kappa shape index (κ3) is 6.30. The molecule has 190 valence electrons. The fourth-order valence-corrected chi connectivity index (χ4v) is 6.33. The Hall–Kier alpha value is -1.84. The third-order valence-corrected chi connectivity index (χ3v) is 9.54. The van der Waals surface area contributed by atoms with Crippen LogP contribution in [0, 0.1) is 20.8 Å². The number of nitrogens with zero attached hydrogens (tertiary/aromatic N) is 2. The van der Waals surface area contributed by atoms with Gasteiger partial charge in [0, 0.05) is 20.6 Å². The summed E-state index contributed by atoms with van der Waals surface area (Å²) in [5, 5.41) is 5.87. The van der Waals surface area contributed by atoms with Crippen molar-refractivity contribution in [3.63, 3.8) is 0 Å².